The Morgan fingerprint density at radius 2 is 1.48 bits per heavy atom. The van der Waals surface area contributed by atoms with Crippen LogP contribution in [0.3, 0.4) is 0 Å². The largest absolute Gasteiger partial charge is 0.462 e. The molecule has 0 unspecified atom stereocenters. The lowest BCUT2D eigenvalue weighted by Crippen LogP contribution is -2.63. The Morgan fingerprint density at radius 3 is 1.81 bits per heavy atom. The van der Waals surface area contributed by atoms with Gasteiger partial charge in [-0.05, 0) is 48.5 Å². The van der Waals surface area contributed by atoms with Crippen LogP contribution in [0.1, 0.15) is 68.2 Å². The minimum atomic E-state index is -0.557. The molecule has 1 aliphatic heterocycles. The highest BCUT2D eigenvalue weighted by Crippen LogP contribution is 2.40. The molecule has 0 atom stereocenters. The van der Waals surface area contributed by atoms with E-state index in [1.165, 1.54) is 6.92 Å². The van der Waals surface area contributed by atoms with E-state index in [4.69, 9.17) is 9.57 Å². The van der Waals surface area contributed by atoms with Gasteiger partial charge in [-0.1, -0.05) is 0 Å². The van der Waals surface area contributed by atoms with Crippen molar-refractivity contribution in [1.82, 2.24) is 5.06 Å². The number of hydroxylamine groups is 2. The second-order valence-corrected chi connectivity index (χ2v) is 8.19. The van der Waals surface area contributed by atoms with Gasteiger partial charge in [-0.25, -0.2) is 4.79 Å². The number of ether oxygens (including phenoxy) is 1. The Labute approximate surface area is 127 Å². The van der Waals surface area contributed by atoms with Gasteiger partial charge < -0.3 is 9.57 Å². The molecule has 0 aromatic rings. The van der Waals surface area contributed by atoms with Crippen LogP contribution in [0.25, 0.3) is 0 Å². The lowest BCUT2D eigenvalue weighted by Gasteiger charge is -2.52. The highest BCUT2D eigenvalue weighted by molar-refractivity contribution is 5.75. The summed E-state index contributed by atoms with van der Waals surface area (Å²) in [6.45, 7) is 14.9. The number of nitrogens with zero attached hydrogens (tertiary/aromatic N) is 1. The number of carbonyl (C=O) groups is 2. The summed E-state index contributed by atoms with van der Waals surface area (Å²) < 4.78 is 5.38. The Balaban J connectivity index is 2.95. The smallest absolute Gasteiger partial charge is 0.330 e. The van der Waals surface area contributed by atoms with Crippen molar-refractivity contribution in [1.29, 1.82) is 0 Å². The van der Waals surface area contributed by atoms with Crippen LogP contribution in [-0.2, 0) is 19.2 Å². The standard InChI is InChI=1S/C16H29NO4/c1-11(18)20-12-9-15(5,6)17(16(7,8)10-12)21-13(19)14(2,3)4/h12H,9-10H2,1-8H3. The van der Waals surface area contributed by atoms with Crippen molar-refractivity contribution in [2.24, 2.45) is 5.41 Å². The number of hydrogen-bond acceptors (Lipinski definition) is 5. The molecule has 0 aromatic heterocycles. The van der Waals surface area contributed by atoms with Gasteiger partial charge in [0.05, 0.1) is 16.5 Å². The molecular formula is C16H29NO4. The molecule has 0 radical (unpaired) electrons. The van der Waals surface area contributed by atoms with Gasteiger partial charge in [0.1, 0.15) is 6.10 Å². The number of hydrogen-bond donors (Lipinski definition) is 0. The Bertz CT molecular complexity index is 402. The molecule has 0 amide bonds. The first-order valence-electron chi connectivity index (χ1n) is 7.46. The minimum absolute atomic E-state index is 0.155. The van der Waals surface area contributed by atoms with Crippen LogP contribution >= 0.6 is 0 Å². The fourth-order valence-corrected chi connectivity index (χ4v) is 2.96. The van der Waals surface area contributed by atoms with Crippen molar-refractivity contribution in [2.75, 3.05) is 0 Å². The van der Waals surface area contributed by atoms with Gasteiger partial charge in [-0.2, -0.15) is 0 Å². The summed E-state index contributed by atoms with van der Waals surface area (Å²) in [4.78, 5) is 29.1. The second-order valence-electron chi connectivity index (χ2n) is 8.19. The first kappa shape index (κ1) is 18.0. The maximum atomic E-state index is 12.2. The van der Waals surface area contributed by atoms with Gasteiger partial charge in [0.2, 0.25) is 0 Å². The molecule has 5 heteroatoms. The van der Waals surface area contributed by atoms with Gasteiger partial charge in [0.15, 0.2) is 0 Å². The zero-order chi connectivity index (χ0) is 16.6. The van der Waals surface area contributed by atoms with Crippen LogP contribution in [0.5, 0.6) is 0 Å². The molecular weight excluding hydrogens is 270 g/mol. The van der Waals surface area contributed by atoms with E-state index in [0.717, 1.165) is 0 Å². The molecule has 1 rings (SSSR count). The molecule has 21 heavy (non-hydrogen) atoms. The lowest BCUT2D eigenvalue weighted by molar-refractivity contribution is -0.282. The number of piperidine rings is 1. The fourth-order valence-electron chi connectivity index (χ4n) is 2.96. The maximum absolute atomic E-state index is 12.2. The van der Waals surface area contributed by atoms with Gasteiger partial charge in [-0.15, -0.1) is 5.06 Å². The van der Waals surface area contributed by atoms with E-state index in [0.29, 0.717) is 12.8 Å². The van der Waals surface area contributed by atoms with E-state index >= 15 is 0 Å². The van der Waals surface area contributed by atoms with Crippen molar-refractivity contribution < 1.29 is 19.2 Å². The van der Waals surface area contributed by atoms with Crippen molar-refractivity contribution in [3.8, 4) is 0 Å². The van der Waals surface area contributed by atoms with Crippen LogP contribution in [-0.4, -0.2) is 34.2 Å². The van der Waals surface area contributed by atoms with Crippen LogP contribution in [0.4, 0.5) is 0 Å². The van der Waals surface area contributed by atoms with Gasteiger partial charge in [-0.3, -0.25) is 4.79 Å². The van der Waals surface area contributed by atoms with Crippen LogP contribution < -0.4 is 0 Å². The highest BCUT2D eigenvalue weighted by atomic mass is 16.7. The molecule has 0 spiro atoms. The summed E-state index contributed by atoms with van der Waals surface area (Å²) in [6.07, 6.45) is 1.11. The Morgan fingerprint density at radius 1 is 1.05 bits per heavy atom. The predicted molar refractivity (Wildman–Crippen MR) is 80.3 cm³/mol. The molecule has 1 heterocycles. The summed E-state index contributed by atoms with van der Waals surface area (Å²) >= 11 is 0. The Kier molecular flexibility index (Phi) is 4.78. The van der Waals surface area contributed by atoms with Gasteiger partial charge in [0, 0.05) is 19.8 Å². The van der Waals surface area contributed by atoms with Gasteiger partial charge in [0.25, 0.3) is 0 Å². The zero-order valence-electron chi connectivity index (χ0n) is 14.6. The number of rotatable bonds is 2. The van der Waals surface area contributed by atoms with E-state index in [1.54, 1.807) is 5.06 Å². The topological polar surface area (TPSA) is 55.8 Å². The van der Waals surface area contributed by atoms with Crippen molar-refractivity contribution in [3.05, 3.63) is 0 Å². The first-order chi connectivity index (χ1) is 9.25. The van der Waals surface area contributed by atoms with E-state index < -0.39 is 16.5 Å². The molecule has 0 aliphatic carbocycles. The van der Waals surface area contributed by atoms with Crippen LogP contribution in [0, 0.1) is 5.41 Å². The van der Waals surface area contributed by atoms with E-state index in [1.807, 2.05) is 48.5 Å². The summed E-state index contributed by atoms with van der Waals surface area (Å²) in [5.41, 5.74) is -1.36. The predicted octanol–water partition coefficient (Wildman–Crippen LogP) is 3.08. The molecule has 0 saturated carbocycles. The van der Waals surface area contributed by atoms with E-state index in [-0.39, 0.29) is 18.0 Å². The molecule has 122 valence electrons. The molecule has 0 N–H and O–H groups in total. The van der Waals surface area contributed by atoms with Crippen LogP contribution in [0.15, 0.2) is 0 Å². The van der Waals surface area contributed by atoms with E-state index in [2.05, 4.69) is 0 Å². The Hall–Kier alpha value is -1.10. The maximum Gasteiger partial charge on any atom is 0.330 e. The van der Waals surface area contributed by atoms with Crippen molar-refractivity contribution in [3.63, 3.8) is 0 Å². The zero-order valence-corrected chi connectivity index (χ0v) is 14.6. The third kappa shape index (κ3) is 4.43. The normalized spacial score (nSPS) is 22.7. The molecule has 0 bridgehead atoms. The fraction of sp³-hybridized carbons (Fsp3) is 0.875. The third-order valence-electron chi connectivity index (χ3n) is 3.67. The van der Waals surface area contributed by atoms with E-state index in [9.17, 15) is 9.59 Å². The number of carbonyl (C=O) groups excluding carboxylic acids is 2. The average molecular weight is 299 g/mol. The summed E-state index contributed by atoms with van der Waals surface area (Å²) in [6, 6.07) is 0. The summed E-state index contributed by atoms with van der Waals surface area (Å²) in [5.74, 6) is -0.527. The molecule has 1 saturated heterocycles. The SMILES string of the molecule is CC(=O)OC1CC(C)(C)N(OC(=O)C(C)(C)C)C(C)(C)C1. The average Bonchev–Trinajstić information content (AvgIpc) is 2.19. The second kappa shape index (κ2) is 5.59. The minimum Gasteiger partial charge on any atom is -0.462 e. The summed E-state index contributed by atoms with van der Waals surface area (Å²) in [7, 11) is 0. The molecule has 1 fully saturated rings. The monoisotopic (exact) mass is 299 g/mol. The highest BCUT2D eigenvalue weighted by Gasteiger charge is 2.49. The molecule has 5 nitrogen and oxygen atoms in total. The van der Waals surface area contributed by atoms with Crippen LogP contribution in [0.2, 0.25) is 0 Å². The number of esters is 1. The lowest BCUT2D eigenvalue weighted by atomic mass is 9.80. The van der Waals surface area contributed by atoms with Crippen molar-refractivity contribution in [2.45, 2.75) is 85.4 Å². The van der Waals surface area contributed by atoms with Crippen molar-refractivity contribution >= 4 is 11.9 Å². The van der Waals surface area contributed by atoms with Gasteiger partial charge >= 0.3 is 11.9 Å². The molecule has 1 aliphatic rings. The molecule has 0 aromatic carbocycles. The quantitative estimate of drug-likeness (QED) is 0.733. The first-order valence-corrected chi connectivity index (χ1v) is 7.46. The third-order valence-corrected chi connectivity index (χ3v) is 3.67. The summed E-state index contributed by atoms with van der Waals surface area (Å²) in [5, 5.41) is 1.77.